The Morgan fingerprint density at radius 1 is 1.27 bits per heavy atom. The number of aromatic nitrogens is 1. The summed E-state index contributed by atoms with van der Waals surface area (Å²) in [6.45, 7) is 9.58. The lowest BCUT2D eigenvalue weighted by Gasteiger charge is -2.17. The summed E-state index contributed by atoms with van der Waals surface area (Å²) in [5, 5.41) is 3.00. The molecule has 138 valence electrons. The third-order valence-corrected chi connectivity index (χ3v) is 5.09. The Labute approximate surface area is 154 Å². The molecule has 5 nitrogen and oxygen atoms in total. The van der Waals surface area contributed by atoms with Crippen LogP contribution in [0.3, 0.4) is 0 Å². The smallest absolute Gasteiger partial charge is 0.272 e. The number of rotatable bonds is 6. The fourth-order valence-corrected chi connectivity index (χ4v) is 3.89. The van der Waals surface area contributed by atoms with E-state index in [1.165, 1.54) is 11.3 Å². The number of aryl methyl sites for hydroxylation is 1. The number of nitrogens with zero attached hydrogens (tertiary/aromatic N) is 1. The number of carbonyl (C=O) groups excluding carboxylic acids is 2. The zero-order chi connectivity index (χ0) is 18.8. The van der Waals surface area contributed by atoms with Crippen molar-refractivity contribution in [2.75, 3.05) is 23.3 Å². The lowest BCUT2D eigenvalue weighted by Crippen LogP contribution is -2.19. The molecular formula is C21H27N3O2. The van der Waals surface area contributed by atoms with Gasteiger partial charge in [-0.2, -0.15) is 0 Å². The molecule has 0 fully saturated rings. The fourth-order valence-electron chi connectivity index (χ4n) is 3.89. The minimum atomic E-state index is -0.190. The van der Waals surface area contributed by atoms with Crippen LogP contribution in [0.4, 0.5) is 11.4 Å². The molecule has 1 aliphatic heterocycles. The van der Waals surface area contributed by atoms with Crippen molar-refractivity contribution in [2.24, 2.45) is 0 Å². The zero-order valence-electron chi connectivity index (χ0n) is 16.0. The topological polar surface area (TPSA) is 65.2 Å². The number of carbonyl (C=O) groups is 2. The van der Waals surface area contributed by atoms with Crippen LogP contribution in [0.2, 0.25) is 0 Å². The quantitative estimate of drug-likeness (QED) is 0.768. The van der Waals surface area contributed by atoms with Crippen molar-refractivity contribution in [3.63, 3.8) is 0 Å². The van der Waals surface area contributed by atoms with E-state index < -0.39 is 0 Å². The van der Waals surface area contributed by atoms with Gasteiger partial charge in [-0.25, -0.2) is 0 Å². The summed E-state index contributed by atoms with van der Waals surface area (Å²) in [5.74, 6) is -0.192. The molecule has 2 heterocycles. The molecule has 0 saturated heterocycles. The lowest BCUT2D eigenvalue weighted by atomic mass is 10.0. The van der Waals surface area contributed by atoms with Gasteiger partial charge in [0.05, 0.1) is 0 Å². The molecule has 3 rings (SSSR count). The van der Waals surface area contributed by atoms with E-state index in [2.05, 4.69) is 28.2 Å². The summed E-state index contributed by atoms with van der Waals surface area (Å²) >= 11 is 0. The molecule has 1 aromatic carbocycles. The second-order valence-electron chi connectivity index (χ2n) is 6.91. The lowest BCUT2D eigenvalue weighted by molar-refractivity contribution is 0.101. The molecule has 0 radical (unpaired) electrons. The zero-order valence-corrected chi connectivity index (χ0v) is 16.0. The van der Waals surface area contributed by atoms with Gasteiger partial charge < -0.3 is 15.2 Å². The van der Waals surface area contributed by atoms with Crippen LogP contribution in [-0.2, 0) is 12.8 Å². The van der Waals surface area contributed by atoms with Crippen molar-refractivity contribution in [2.45, 2.75) is 47.0 Å². The van der Waals surface area contributed by atoms with Gasteiger partial charge in [0.25, 0.3) is 5.91 Å². The van der Waals surface area contributed by atoms with Crippen LogP contribution in [0.15, 0.2) is 18.2 Å². The summed E-state index contributed by atoms with van der Waals surface area (Å²) in [4.78, 5) is 30.3. The van der Waals surface area contributed by atoms with Crippen LogP contribution in [0.25, 0.3) is 0 Å². The molecular weight excluding hydrogens is 326 g/mol. The monoisotopic (exact) mass is 353 g/mol. The number of likely N-dealkylation sites (N-methyl/N-ethyl adjacent to an activating group) is 1. The van der Waals surface area contributed by atoms with E-state index in [1.54, 1.807) is 6.92 Å². The summed E-state index contributed by atoms with van der Waals surface area (Å²) < 4.78 is 0. The van der Waals surface area contributed by atoms with Crippen molar-refractivity contribution in [1.82, 2.24) is 4.98 Å². The van der Waals surface area contributed by atoms with Gasteiger partial charge >= 0.3 is 0 Å². The van der Waals surface area contributed by atoms with Gasteiger partial charge in [-0.15, -0.1) is 0 Å². The first-order valence-corrected chi connectivity index (χ1v) is 9.37. The Morgan fingerprint density at radius 2 is 2.04 bits per heavy atom. The summed E-state index contributed by atoms with van der Waals surface area (Å²) in [7, 11) is 0. The number of anilines is 2. The number of H-pyrrole nitrogens is 1. The molecule has 5 heteroatoms. The molecule has 0 unspecified atom stereocenters. The van der Waals surface area contributed by atoms with Crippen molar-refractivity contribution < 1.29 is 9.59 Å². The van der Waals surface area contributed by atoms with Gasteiger partial charge in [0.2, 0.25) is 0 Å². The molecule has 2 N–H and O–H groups in total. The maximum Gasteiger partial charge on any atom is 0.272 e. The maximum absolute atomic E-state index is 12.9. The third kappa shape index (κ3) is 3.26. The Kier molecular flexibility index (Phi) is 5.16. The highest BCUT2D eigenvalue weighted by atomic mass is 16.2. The largest absolute Gasteiger partial charge is 0.371 e. The Bertz CT molecular complexity index is 851. The fraction of sp³-hybridized carbons (Fsp3) is 0.429. The molecule has 1 amide bonds. The number of amides is 1. The van der Waals surface area contributed by atoms with E-state index in [9.17, 15) is 9.59 Å². The molecule has 0 saturated carbocycles. The molecule has 26 heavy (non-hydrogen) atoms. The number of hydrogen-bond donors (Lipinski definition) is 2. The minimum absolute atomic E-state index is 0.00244. The normalized spacial score (nSPS) is 13.0. The predicted octanol–water partition coefficient (Wildman–Crippen LogP) is 4.11. The SMILES string of the molecule is CCCc1c(C(=O)Nc2ccc3c(c2)N(CC)CC3)[nH]c(C)c1C(C)=O. The van der Waals surface area contributed by atoms with Crippen molar-refractivity contribution in [3.05, 3.63) is 46.3 Å². The van der Waals surface area contributed by atoms with Crippen LogP contribution < -0.4 is 10.2 Å². The van der Waals surface area contributed by atoms with Gasteiger partial charge in [0.15, 0.2) is 5.78 Å². The summed E-state index contributed by atoms with van der Waals surface area (Å²) in [5.41, 5.74) is 6.06. The van der Waals surface area contributed by atoms with Crippen molar-refractivity contribution >= 4 is 23.1 Å². The van der Waals surface area contributed by atoms with Gasteiger partial charge in [0.1, 0.15) is 5.69 Å². The van der Waals surface area contributed by atoms with E-state index in [-0.39, 0.29) is 11.7 Å². The second kappa shape index (κ2) is 7.36. The molecule has 0 atom stereocenters. The molecule has 0 bridgehead atoms. The van der Waals surface area contributed by atoms with Crippen LogP contribution in [-0.4, -0.2) is 29.8 Å². The van der Waals surface area contributed by atoms with E-state index in [0.717, 1.165) is 42.9 Å². The molecule has 0 aliphatic carbocycles. The Balaban J connectivity index is 1.89. The number of aromatic amines is 1. The van der Waals surface area contributed by atoms with E-state index in [0.29, 0.717) is 17.7 Å². The van der Waals surface area contributed by atoms with E-state index >= 15 is 0 Å². The molecule has 1 aliphatic rings. The third-order valence-electron chi connectivity index (χ3n) is 5.09. The van der Waals surface area contributed by atoms with Crippen LogP contribution in [0, 0.1) is 6.92 Å². The number of benzene rings is 1. The van der Waals surface area contributed by atoms with Crippen LogP contribution in [0.5, 0.6) is 0 Å². The number of hydrogen-bond acceptors (Lipinski definition) is 3. The van der Waals surface area contributed by atoms with Gasteiger partial charge in [-0.05, 0) is 56.9 Å². The first-order valence-electron chi connectivity index (χ1n) is 9.37. The van der Waals surface area contributed by atoms with E-state index in [1.807, 2.05) is 26.0 Å². The first-order chi connectivity index (χ1) is 12.5. The molecule has 0 spiro atoms. The highest BCUT2D eigenvalue weighted by Crippen LogP contribution is 2.31. The van der Waals surface area contributed by atoms with Crippen molar-refractivity contribution in [1.29, 1.82) is 0 Å². The number of Topliss-reactive ketones (excluding diaryl/α,β-unsaturated/α-hetero) is 1. The second-order valence-corrected chi connectivity index (χ2v) is 6.91. The molecule has 1 aromatic heterocycles. The number of fused-ring (bicyclic) bond motifs is 1. The maximum atomic E-state index is 12.9. The standard InChI is InChI=1S/C21H27N3O2/c1-5-7-17-19(14(4)25)13(3)22-20(17)21(26)23-16-9-8-15-10-11-24(6-2)18(15)12-16/h8-9,12,22H,5-7,10-11H2,1-4H3,(H,23,26). The van der Waals surface area contributed by atoms with Gasteiger partial charge in [-0.3, -0.25) is 9.59 Å². The predicted molar refractivity (Wildman–Crippen MR) is 106 cm³/mol. The summed E-state index contributed by atoms with van der Waals surface area (Å²) in [6.07, 6.45) is 2.63. The number of ketones is 1. The highest BCUT2D eigenvalue weighted by molar-refractivity contribution is 6.08. The Morgan fingerprint density at radius 3 is 2.69 bits per heavy atom. The Hall–Kier alpha value is -2.56. The van der Waals surface area contributed by atoms with E-state index in [4.69, 9.17) is 0 Å². The van der Waals surface area contributed by atoms with Gasteiger partial charge in [-0.1, -0.05) is 19.4 Å². The molecule has 2 aromatic rings. The highest BCUT2D eigenvalue weighted by Gasteiger charge is 2.23. The first kappa shape index (κ1) is 18.2. The van der Waals surface area contributed by atoms with Crippen LogP contribution in [0.1, 0.15) is 64.9 Å². The number of nitrogens with one attached hydrogen (secondary N) is 2. The van der Waals surface area contributed by atoms with Gasteiger partial charge in [0, 0.05) is 35.7 Å². The summed E-state index contributed by atoms with van der Waals surface area (Å²) in [6, 6.07) is 6.09. The minimum Gasteiger partial charge on any atom is -0.371 e. The van der Waals surface area contributed by atoms with Crippen LogP contribution >= 0.6 is 0 Å². The average molecular weight is 353 g/mol. The van der Waals surface area contributed by atoms with Crippen molar-refractivity contribution in [3.8, 4) is 0 Å². The average Bonchev–Trinajstić information content (AvgIpc) is 3.15.